The van der Waals surface area contributed by atoms with Gasteiger partial charge in [0.2, 0.25) is 0 Å². The second-order valence-corrected chi connectivity index (χ2v) is 5.75. The normalized spacial score (nSPS) is 22.1. The first-order valence-electron chi connectivity index (χ1n) is 6.86. The van der Waals surface area contributed by atoms with Crippen molar-refractivity contribution in [3.8, 4) is 0 Å². The Kier molecular flexibility index (Phi) is 5.04. The summed E-state index contributed by atoms with van der Waals surface area (Å²) in [7, 11) is 2.20. The molecule has 18 heavy (non-hydrogen) atoms. The van der Waals surface area contributed by atoms with E-state index < -0.39 is 0 Å². The molecule has 1 aromatic carbocycles. The highest BCUT2D eigenvalue weighted by Gasteiger charge is 2.18. The van der Waals surface area contributed by atoms with Gasteiger partial charge in [0.05, 0.1) is 0 Å². The summed E-state index contributed by atoms with van der Waals surface area (Å²) in [6, 6.07) is 9.28. The second-order valence-electron chi connectivity index (χ2n) is 5.31. The maximum atomic E-state index is 5.93. The first kappa shape index (κ1) is 13.9. The fraction of sp³-hybridized carbons (Fsp3) is 0.600. The molecule has 2 unspecified atom stereocenters. The third-order valence-electron chi connectivity index (χ3n) is 3.93. The van der Waals surface area contributed by atoms with Gasteiger partial charge in [0.15, 0.2) is 0 Å². The fourth-order valence-corrected chi connectivity index (χ4v) is 2.71. The molecule has 2 atom stereocenters. The van der Waals surface area contributed by atoms with Crippen molar-refractivity contribution in [1.82, 2.24) is 10.2 Å². The first-order valence-corrected chi connectivity index (χ1v) is 7.23. The molecule has 0 aliphatic carbocycles. The Morgan fingerprint density at radius 2 is 2.06 bits per heavy atom. The van der Waals surface area contributed by atoms with Gasteiger partial charge in [-0.25, -0.2) is 0 Å². The molecule has 0 amide bonds. The van der Waals surface area contributed by atoms with Gasteiger partial charge in [-0.1, -0.05) is 30.2 Å². The average Bonchev–Trinajstić information content (AvgIpc) is 2.40. The van der Waals surface area contributed by atoms with E-state index in [9.17, 15) is 0 Å². The Balaban J connectivity index is 1.91. The Labute approximate surface area is 115 Å². The molecule has 1 aliphatic heterocycles. The second kappa shape index (κ2) is 6.55. The van der Waals surface area contributed by atoms with Crippen LogP contribution >= 0.6 is 11.6 Å². The van der Waals surface area contributed by atoms with Crippen LogP contribution in [0.25, 0.3) is 0 Å². The largest absolute Gasteiger partial charge is 0.313 e. The van der Waals surface area contributed by atoms with Gasteiger partial charge in [0.25, 0.3) is 0 Å². The van der Waals surface area contributed by atoms with Gasteiger partial charge in [-0.2, -0.15) is 0 Å². The van der Waals surface area contributed by atoms with Crippen molar-refractivity contribution >= 4 is 11.6 Å². The lowest BCUT2D eigenvalue weighted by Crippen LogP contribution is -2.43. The molecular weight excluding hydrogens is 244 g/mol. The molecule has 1 aromatic rings. The Hall–Kier alpha value is -0.570. The Morgan fingerprint density at radius 1 is 1.33 bits per heavy atom. The SMILES string of the molecule is CC(c1ccc(Cl)cc1)N(C)CC1CCCCN1. The van der Waals surface area contributed by atoms with Crippen LogP contribution in [0.2, 0.25) is 5.02 Å². The summed E-state index contributed by atoms with van der Waals surface area (Å²) in [5.74, 6) is 0. The number of piperidine rings is 1. The van der Waals surface area contributed by atoms with Crippen molar-refractivity contribution in [3.05, 3.63) is 34.9 Å². The predicted molar refractivity (Wildman–Crippen MR) is 78.1 cm³/mol. The third kappa shape index (κ3) is 3.71. The molecule has 1 saturated heterocycles. The number of rotatable bonds is 4. The number of nitrogens with zero attached hydrogens (tertiary/aromatic N) is 1. The summed E-state index contributed by atoms with van der Waals surface area (Å²) in [5.41, 5.74) is 1.33. The maximum absolute atomic E-state index is 5.93. The Morgan fingerprint density at radius 3 is 2.67 bits per heavy atom. The quantitative estimate of drug-likeness (QED) is 0.898. The molecule has 1 heterocycles. The smallest absolute Gasteiger partial charge is 0.0406 e. The lowest BCUT2D eigenvalue weighted by atomic mass is 10.0. The van der Waals surface area contributed by atoms with E-state index in [-0.39, 0.29) is 0 Å². The van der Waals surface area contributed by atoms with Crippen LogP contribution in [-0.4, -0.2) is 31.1 Å². The minimum Gasteiger partial charge on any atom is -0.313 e. The molecule has 0 saturated carbocycles. The van der Waals surface area contributed by atoms with E-state index in [0.717, 1.165) is 11.6 Å². The van der Waals surface area contributed by atoms with Crippen LogP contribution in [0.4, 0.5) is 0 Å². The molecule has 2 rings (SSSR count). The van der Waals surface area contributed by atoms with E-state index >= 15 is 0 Å². The number of hydrogen-bond acceptors (Lipinski definition) is 2. The number of hydrogen-bond donors (Lipinski definition) is 1. The van der Waals surface area contributed by atoms with Crippen molar-refractivity contribution in [1.29, 1.82) is 0 Å². The van der Waals surface area contributed by atoms with Crippen LogP contribution in [0.3, 0.4) is 0 Å². The van der Waals surface area contributed by atoms with Crippen LogP contribution in [0.1, 0.15) is 37.8 Å². The number of benzene rings is 1. The van der Waals surface area contributed by atoms with Gasteiger partial charge in [-0.15, -0.1) is 0 Å². The third-order valence-corrected chi connectivity index (χ3v) is 4.19. The highest BCUT2D eigenvalue weighted by atomic mass is 35.5. The summed E-state index contributed by atoms with van der Waals surface area (Å²) in [4.78, 5) is 2.42. The topological polar surface area (TPSA) is 15.3 Å². The van der Waals surface area contributed by atoms with Gasteiger partial charge in [0, 0.05) is 23.7 Å². The number of nitrogens with one attached hydrogen (secondary N) is 1. The highest BCUT2D eigenvalue weighted by Crippen LogP contribution is 2.21. The molecule has 0 radical (unpaired) electrons. The highest BCUT2D eigenvalue weighted by molar-refractivity contribution is 6.30. The fourth-order valence-electron chi connectivity index (χ4n) is 2.58. The van der Waals surface area contributed by atoms with Gasteiger partial charge in [0.1, 0.15) is 0 Å². The van der Waals surface area contributed by atoms with Crippen LogP contribution in [0, 0.1) is 0 Å². The average molecular weight is 267 g/mol. The van der Waals surface area contributed by atoms with Crippen LogP contribution in [0.5, 0.6) is 0 Å². The van der Waals surface area contributed by atoms with Crippen LogP contribution < -0.4 is 5.32 Å². The standard InChI is InChI=1S/C15H23ClN2/c1-12(13-6-8-14(16)9-7-13)18(2)11-15-5-3-4-10-17-15/h6-9,12,15,17H,3-5,10-11H2,1-2H3. The molecule has 3 heteroatoms. The lowest BCUT2D eigenvalue weighted by Gasteiger charge is -2.32. The molecule has 2 nitrogen and oxygen atoms in total. The summed E-state index contributed by atoms with van der Waals surface area (Å²) >= 11 is 5.93. The van der Waals surface area contributed by atoms with Crippen molar-refractivity contribution < 1.29 is 0 Å². The zero-order chi connectivity index (χ0) is 13.0. The summed E-state index contributed by atoms with van der Waals surface area (Å²) in [5, 5.41) is 4.41. The van der Waals surface area contributed by atoms with E-state index in [0.29, 0.717) is 12.1 Å². The van der Waals surface area contributed by atoms with Crippen molar-refractivity contribution in [2.45, 2.75) is 38.3 Å². The zero-order valence-corrected chi connectivity index (χ0v) is 12.1. The summed E-state index contributed by atoms with van der Waals surface area (Å²) in [6.07, 6.45) is 3.99. The van der Waals surface area contributed by atoms with E-state index in [1.165, 1.54) is 31.4 Å². The zero-order valence-electron chi connectivity index (χ0n) is 11.3. The predicted octanol–water partition coefficient (Wildman–Crippen LogP) is 3.47. The van der Waals surface area contributed by atoms with Gasteiger partial charge in [-0.3, -0.25) is 4.90 Å². The molecular formula is C15H23ClN2. The van der Waals surface area contributed by atoms with Crippen molar-refractivity contribution in [2.75, 3.05) is 20.1 Å². The van der Waals surface area contributed by atoms with Crippen molar-refractivity contribution in [2.24, 2.45) is 0 Å². The molecule has 0 spiro atoms. The molecule has 0 aromatic heterocycles. The van der Waals surface area contributed by atoms with E-state index in [1.807, 2.05) is 12.1 Å². The monoisotopic (exact) mass is 266 g/mol. The van der Waals surface area contributed by atoms with E-state index in [2.05, 4.69) is 36.3 Å². The summed E-state index contributed by atoms with van der Waals surface area (Å²) in [6.45, 7) is 4.55. The van der Waals surface area contributed by atoms with Crippen molar-refractivity contribution in [3.63, 3.8) is 0 Å². The van der Waals surface area contributed by atoms with Gasteiger partial charge < -0.3 is 5.32 Å². The minimum atomic E-state index is 0.436. The van der Waals surface area contributed by atoms with E-state index in [4.69, 9.17) is 11.6 Å². The molecule has 100 valence electrons. The lowest BCUT2D eigenvalue weighted by molar-refractivity contribution is 0.215. The summed E-state index contributed by atoms with van der Waals surface area (Å²) < 4.78 is 0. The Bertz CT molecular complexity index is 357. The number of likely N-dealkylation sites (N-methyl/N-ethyl adjacent to an activating group) is 1. The first-order chi connectivity index (χ1) is 8.66. The van der Waals surface area contributed by atoms with Crippen LogP contribution in [0.15, 0.2) is 24.3 Å². The van der Waals surface area contributed by atoms with Gasteiger partial charge >= 0.3 is 0 Å². The maximum Gasteiger partial charge on any atom is 0.0406 e. The van der Waals surface area contributed by atoms with E-state index in [1.54, 1.807) is 0 Å². The number of halogens is 1. The molecule has 1 fully saturated rings. The minimum absolute atomic E-state index is 0.436. The molecule has 0 bridgehead atoms. The van der Waals surface area contributed by atoms with Crippen LogP contribution in [-0.2, 0) is 0 Å². The molecule has 1 aliphatic rings. The molecule has 1 N–H and O–H groups in total. The van der Waals surface area contributed by atoms with Gasteiger partial charge in [-0.05, 0) is 51.1 Å².